The number of carbonyl (C=O) groups excluding carboxylic acids is 2. The third-order valence-corrected chi connectivity index (χ3v) is 6.10. The van der Waals surface area contributed by atoms with Gasteiger partial charge in [0.1, 0.15) is 5.75 Å². The molecular weight excluding hydrogens is 292 g/mol. The zero-order valence-corrected chi connectivity index (χ0v) is 13.3. The number of carboxylic acids is 1. The highest BCUT2D eigenvalue weighted by Crippen LogP contribution is 2.60. The molecule has 4 aliphatic rings. The van der Waals surface area contributed by atoms with E-state index in [1.165, 1.54) is 45.4 Å². The van der Waals surface area contributed by atoms with Crippen LogP contribution in [0, 0.1) is 17.8 Å². The maximum Gasteiger partial charge on any atom is 0.308 e. The summed E-state index contributed by atoms with van der Waals surface area (Å²) in [6.07, 6.45) is 7.53. The number of aromatic carboxylic acids is 1. The van der Waals surface area contributed by atoms with Crippen LogP contribution in [0.5, 0.6) is 5.75 Å². The topological polar surface area (TPSA) is 66.4 Å². The fraction of sp³-hybridized carbons (Fsp3) is 0.579. The first-order chi connectivity index (χ1) is 10.9. The van der Waals surface area contributed by atoms with Crippen LogP contribution in [0.4, 0.5) is 0 Å². The van der Waals surface area contributed by atoms with E-state index in [2.05, 4.69) is 0 Å². The zero-order chi connectivity index (χ0) is 16.2. The molecule has 122 valence electrons. The molecule has 0 heterocycles. The van der Waals surface area contributed by atoms with Gasteiger partial charge in [-0.15, -0.1) is 0 Å². The zero-order valence-electron chi connectivity index (χ0n) is 13.3. The molecule has 4 nitrogen and oxygen atoms in total. The Kier molecular flexibility index (Phi) is 3.26. The summed E-state index contributed by atoms with van der Waals surface area (Å²) in [5.74, 6) is 0.663. The highest BCUT2D eigenvalue weighted by atomic mass is 16.5. The van der Waals surface area contributed by atoms with Gasteiger partial charge in [0.2, 0.25) is 0 Å². The maximum atomic E-state index is 11.5. The Labute approximate surface area is 135 Å². The summed E-state index contributed by atoms with van der Waals surface area (Å²) >= 11 is 0. The van der Waals surface area contributed by atoms with Crippen molar-refractivity contribution in [1.29, 1.82) is 0 Å². The Morgan fingerprint density at radius 2 is 1.65 bits per heavy atom. The van der Waals surface area contributed by atoms with Crippen LogP contribution in [0.15, 0.2) is 18.2 Å². The van der Waals surface area contributed by atoms with E-state index in [4.69, 9.17) is 4.74 Å². The molecule has 0 saturated heterocycles. The monoisotopic (exact) mass is 313 g/mol. The van der Waals surface area contributed by atoms with Crippen molar-refractivity contribution in [3.63, 3.8) is 0 Å². The Hall–Kier alpha value is -1.84. The number of carbonyl (C=O) groups is 2. The van der Waals surface area contributed by atoms with Crippen molar-refractivity contribution in [3.8, 4) is 5.75 Å². The Morgan fingerprint density at radius 3 is 2.13 bits per heavy atom. The number of benzene rings is 1. The predicted octanol–water partition coefficient (Wildman–Crippen LogP) is 2.44. The fourth-order valence-electron chi connectivity index (χ4n) is 5.73. The first kappa shape index (κ1) is 14.7. The molecular formula is C19H21O4-. The normalized spacial score (nSPS) is 34.4. The van der Waals surface area contributed by atoms with Crippen LogP contribution in [0.25, 0.3) is 0 Å². The van der Waals surface area contributed by atoms with Crippen LogP contribution < -0.4 is 9.84 Å². The fourth-order valence-corrected chi connectivity index (χ4v) is 5.73. The Bertz CT molecular complexity index is 641. The second-order valence-electron chi connectivity index (χ2n) is 7.79. The SMILES string of the molecule is CC(=O)Oc1ccc(C23CC4CC(CC(C4)C2)C3)cc1C(=O)[O-]. The summed E-state index contributed by atoms with van der Waals surface area (Å²) in [5.41, 5.74) is 1.20. The van der Waals surface area contributed by atoms with Crippen molar-refractivity contribution in [2.75, 3.05) is 0 Å². The van der Waals surface area contributed by atoms with Gasteiger partial charge in [0, 0.05) is 12.5 Å². The van der Waals surface area contributed by atoms with E-state index in [1.807, 2.05) is 6.07 Å². The lowest BCUT2D eigenvalue weighted by atomic mass is 9.48. The van der Waals surface area contributed by atoms with Gasteiger partial charge in [-0.25, -0.2) is 0 Å². The van der Waals surface area contributed by atoms with E-state index < -0.39 is 11.9 Å². The predicted molar refractivity (Wildman–Crippen MR) is 81.9 cm³/mol. The minimum absolute atomic E-state index is 0.00607. The molecule has 5 rings (SSSR count). The summed E-state index contributed by atoms with van der Waals surface area (Å²) in [6, 6.07) is 5.28. The lowest BCUT2D eigenvalue weighted by Gasteiger charge is -2.57. The number of carboxylic acid groups (broad SMARTS) is 1. The van der Waals surface area contributed by atoms with Crippen LogP contribution in [-0.2, 0) is 10.2 Å². The summed E-state index contributed by atoms with van der Waals surface area (Å²) in [7, 11) is 0. The van der Waals surface area contributed by atoms with E-state index in [0.717, 1.165) is 23.3 Å². The summed E-state index contributed by atoms with van der Waals surface area (Å²) < 4.78 is 5.02. The van der Waals surface area contributed by atoms with Crippen molar-refractivity contribution in [3.05, 3.63) is 29.3 Å². The lowest BCUT2D eigenvalue weighted by Crippen LogP contribution is -2.48. The second-order valence-corrected chi connectivity index (χ2v) is 7.79. The molecule has 4 bridgehead atoms. The van der Waals surface area contributed by atoms with Gasteiger partial charge in [0.15, 0.2) is 0 Å². The van der Waals surface area contributed by atoms with Gasteiger partial charge < -0.3 is 14.6 Å². The van der Waals surface area contributed by atoms with Crippen molar-refractivity contribution in [1.82, 2.24) is 0 Å². The van der Waals surface area contributed by atoms with Crippen LogP contribution in [0.1, 0.15) is 61.4 Å². The first-order valence-electron chi connectivity index (χ1n) is 8.49. The van der Waals surface area contributed by atoms with Gasteiger partial charge in [0.05, 0.1) is 5.97 Å². The molecule has 4 fully saturated rings. The van der Waals surface area contributed by atoms with Crippen LogP contribution in [0.2, 0.25) is 0 Å². The van der Waals surface area contributed by atoms with E-state index in [0.29, 0.717) is 0 Å². The number of rotatable bonds is 3. The standard InChI is InChI=1S/C19H22O4/c1-11(20)23-17-3-2-15(7-16(17)18(21)22)19-8-12-4-13(9-19)6-14(5-12)10-19/h2-3,7,12-14H,4-6,8-10H2,1H3,(H,21,22)/p-1. The molecule has 0 aliphatic heterocycles. The van der Waals surface area contributed by atoms with Gasteiger partial charge in [-0.1, -0.05) is 6.07 Å². The van der Waals surface area contributed by atoms with Crippen molar-refractivity contribution < 1.29 is 19.4 Å². The molecule has 4 saturated carbocycles. The molecule has 0 amide bonds. The third kappa shape index (κ3) is 2.44. The summed E-state index contributed by atoms with van der Waals surface area (Å²) in [6.45, 7) is 1.27. The van der Waals surface area contributed by atoms with E-state index in [-0.39, 0.29) is 16.7 Å². The molecule has 0 spiro atoms. The molecule has 4 heteroatoms. The van der Waals surface area contributed by atoms with Gasteiger partial charge in [-0.2, -0.15) is 0 Å². The van der Waals surface area contributed by atoms with Crippen molar-refractivity contribution in [2.24, 2.45) is 17.8 Å². The van der Waals surface area contributed by atoms with Gasteiger partial charge in [-0.3, -0.25) is 4.79 Å². The average Bonchev–Trinajstić information content (AvgIpc) is 2.45. The van der Waals surface area contributed by atoms with Gasteiger partial charge in [-0.05, 0) is 79.4 Å². The molecule has 0 atom stereocenters. The molecule has 0 unspecified atom stereocenters. The van der Waals surface area contributed by atoms with Crippen molar-refractivity contribution in [2.45, 2.75) is 50.9 Å². The summed E-state index contributed by atoms with van der Waals surface area (Å²) in [4.78, 5) is 22.6. The Morgan fingerprint density at radius 1 is 1.09 bits per heavy atom. The minimum Gasteiger partial charge on any atom is -0.545 e. The third-order valence-electron chi connectivity index (χ3n) is 6.10. The quantitative estimate of drug-likeness (QED) is 0.635. The first-order valence-corrected chi connectivity index (χ1v) is 8.49. The smallest absolute Gasteiger partial charge is 0.308 e. The highest BCUT2D eigenvalue weighted by molar-refractivity contribution is 5.90. The van der Waals surface area contributed by atoms with Gasteiger partial charge >= 0.3 is 5.97 Å². The largest absolute Gasteiger partial charge is 0.545 e. The van der Waals surface area contributed by atoms with Crippen LogP contribution in [0.3, 0.4) is 0 Å². The average molecular weight is 313 g/mol. The molecule has 23 heavy (non-hydrogen) atoms. The van der Waals surface area contributed by atoms with Crippen molar-refractivity contribution >= 4 is 11.9 Å². The molecule has 4 aliphatic carbocycles. The Balaban J connectivity index is 1.73. The molecule has 1 aromatic carbocycles. The maximum absolute atomic E-state index is 11.5. The van der Waals surface area contributed by atoms with E-state index in [9.17, 15) is 14.7 Å². The molecule has 0 radical (unpaired) electrons. The summed E-state index contributed by atoms with van der Waals surface area (Å²) in [5, 5.41) is 11.5. The van der Waals surface area contributed by atoms with E-state index in [1.54, 1.807) is 12.1 Å². The second kappa shape index (κ2) is 5.08. The van der Waals surface area contributed by atoms with Gasteiger partial charge in [0.25, 0.3) is 0 Å². The number of hydrogen-bond acceptors (Lipinski definition) is 4. The molecule has 0 N–H and O–H groups in total. The number of hydrogen-bond donors (Lipinski definition) is 0. The van der Waals surface area contributed by atoms with E-state index >= 15 is 0 Å². The molecule has 0 aromatic heterocycles. The highest BCUT2D eigenvalue weighted by Gasteiger charge is 2.51. The molecule has 1 aromatic rings. The number of ether oxygens (including phenoxy) is 1. The van der Waals surface area contributed by atoms with Crippen LogP contribution in [-0.4, -0.2) is 11.9 Å². The minimum atomic E-state index is -1.28. The lowest BCUT2D eigenvalue weighted by molar-refractivity contribution is -0.255. The number of esters is 1. The van der Waals surface area contributed by atoms with Crippen LogP contribution >= 0.6 is 0 Å².